The molecule has 1 atom stereocenters. The molecule has 106 valence electrons. The van der Waals surface area contributed by atoms with Gasteiger partial charge in [-0.2, -0.15) is 0 Å². The van der Waals surface area contributed by atoms with Crippen LogP contribution in [0, 0.1) is 5.92 Å². The van der Waals surface area contributed by atoms with E-state index >= 15 is 0 Å². The molecule has 1 aromatic heterocycles. The summed E-state index contributed by atoms with van der Waals surface area (Å²) in [5.41, 5.74) is 0. The number of nitrogens with one attached hydrogen (secondary N) is 1. The molecule has 4 heteroatoms. The third-order valence-electron chi connectivity index (χ3n) is 3.89. The number of hydrogen-bond donors (Lipinski definition) is 1. The highest BCUT2D eigenvalue weighted by Crippen LogP contribution is 2.18. The second kappa shape index (κ2) is 6.75. The minimum atomic E-state index is 0.167. The lowest BCUT2D eigenvalue weighted by molar-refractivity contribution is -0.126. The van der Waals surface area contributed by atoms with Gasteiger partial charge in [-0.15, -0.1) is 0 Å². The second-order valence-electron chi connectivity index (χ2n) is 5.64. The molecular formula is C15H25N3O. The molecule has 1 N–H and O–H groups in total. The van der Waals surface area contributed by atoms with Crippen LogP contribution in [-0.4, -0.2) is 41.1 Å². The standard InChI is InChI=1S/C15H25N3O/c1-13(2)18-10-5-6-14(12-18)15(19)16-7-11-17-8-3-4-9-17/h3-4,8-9,13-14H,5-7,10-12H2,1-2H3,(H,16,19). The van der Waals surface area contributed by atoms with Crippen molar-refractivity contribution in [2.45, 2.75) is 39.3 Å². The Morgan fingerprint density at radius 1 is 1.37 bits per heavy atom. The van der Waals surface area contributed by atoms with Crippen LogP contribution in [0.25, 0.3) is 0 Å². The minimum absolute atomic E-state index is 0.167. The molecule has 1 amide bonds. The zero-order valence-electron chi connectivity index (χ0n) is 12.0. The molecule has 0 aromatic carbocycles. The van der Waals surface area contributed by atoms with Crippen LogP contribution >= 0.6 is 0 Å². The van der Waals surface area contributed by atoms with E-state index in [4.69, 9.17) is 0 Å². The van der Waals surface area contributed by atoms with Crippen molar-refractivity contribution in [1.82, 2.24) is 14.8 Å². The Morgan fingerprint density at radius 3 is 2.79 bits per heavy atom. The lowest BCUT2D eigenvalue weighted by atomic mass is 9.96. The van der Waals surface area contributed by atoms with Crippen LogP contribution in [0.4, 0.5) is 0 Å². The van der Waals surface area contributed by atoms with Crippen molar-refractivity contribution in [3.8, 4) is 0 Å². The van der Waals surface area contributed by atoms with Gasteiger partial charge >= 0.3 is 0 Å². The van der Waals surface area contributed by atoms with Crippen molar-refractivity contribution in [3.05, 3.63) is 24.5 Å². The minimum Gasteiger partial charge on any atom is -0.354 e. The fourth-order valence-electron chi connectivity index (χ4n) is 2.66. The van der Waals surface area contributed by atoms with Gasteiger partial charge < -0.3 is 14.8 Å². The first-order chi connectivity index (χ1) is 9.16. The van der Waals surface area contributed by atoms with E-state index in [1.54, 1.807) is 0 Å². The molecule has 1 fully saturated rings. The monoisotopic (exact) mass is 263 g/mol. The quantitative estimate of drug-likeness (QED) is 0.878. The molecule has 1 aromatic rings. The van der Waals surface area contributed by atoms with Crippen LogP contribution in [0.5, 0.6) is 0 Å². The van der Waals surface area contributed by atoms with Gasteiger partial charge in [-0.25, -0.2) is 0 Å². The molecule has 0 spiro atoms. The number of aromatic nitrogens is 1. The van der Waals surface area contributed by atoms with Crippen molar-refractivity contribution >= 4 is 5.91 Å². The van der Waals surface area contributed by atoms with Crippen molar-refractivity contribution in [3.63, 3.8) is 0 Å². The molecule has 0 saturated carbocycles. The Kier molecular flexibility index (Phi) is 5.02. The van der Waals surface area contributed by atoms with Gasteiger partial charge in [0.25, 0.3) is 0 Å². The smallest absolute Gasteiger partial charge is 0.224 e. The maximum atomic E-state index is 12.1. The van der Waals surface area contributed by atoms with Gasteiger partial charge in [0.15, 0.2) is 0 Å². The Hall–Kier alpha value is -1.29. The second-order valence-corrected chi connectivity index (χ2v) is 5.64. The van der Waals surface area contributed by atoms with Crippen LogP contribution in [-0.2, 0) is 11.3 Å². The summed E-state index contributed by atoms with van der Waals surface area (Å²) < 4.78 is 2.08. The Morgan fingerprint density at radius 2 is 2.11 bits per heavy atom. The summed E-state index contributed by atoms with van der Waals surface area (Å²) in [5.74, 6) is 0.387. The summed E-state index contributed by atoms with van der Waals surface area (Å²) in [4.78, 5) is 14.6. The van der Waals surface area contributed by atoms with Gasteiger partial charge in [0.05, 0.1) is 5.92 Å². The summed E-state index contributed by atoms with van der Waals surface area (Å²) >= 11 is 0. The van der Waals surface area contributed by atoms with Crippen LogP contribution < -0.4 is 5.32 Å². The van der Waals surface area contributed by atoms with E-state index in [0.717, 1.165) is 32.5 Å². The predicted octanol–water partition coefficient (Wildman–Crippen LogP) is 1.72. The molecule has 1 saturated heterocycles. The summed E-state index contributed by atoms with van der Waals surface area (Å²) in [6.45, 7) is 8.00. The number of amides is 1. The molecule has 0 aliphatic carbocycles. The molecule has 1 aliphatic heterocycles. The zero-order chi connectivity index (χ0) is 13.7. The molecule has 2 rings (SSSR count). The van der Waals surface area contributed by atoms with Gasteiger partial charge in [-0.1, -0.05) is 0 Å². The van der Waals surface area contributed by atoms with Crippen molar-refractivity contribution in [2.24, 2.45) is 5.92 Å². The van der Waals surface area contributed by atoms with Crippen molar-refractivity contribution in [2.75, 3.05) is 19.6 Å². The van der Waals surface area contributed by atoms with Crippen LogP contribution in [0.15, 0.2) is 24.5 Å². The fourth-order valence-corrected chi connectivity index (χ4v) is 2.66. The van der Waals surface area contributed by atoms with E-state index < -0.39 is 0 Å². The molecular weight excluding hydrogens is 238 g/mol. The van der Waals surface area contributed by atoms with Gasteiger partial charge in [0.1, 0.15) is 0 Å². The van der Waals surface area contributed by atoms with E-state index in [0.29, 0.717) is 12.6 Å². The van der Waals surface area contributed by atoms with Gasteiger partial charge in [0, 0.05) is 38.1 Å². The molecule has 19 heavy (non-hydrogen) atoms. The Balaban J connectivity index is 1.73. The summed E-state index contributed by atoms with van der Waals surface area (Å²) in [5, 5.41) is 3.06. The average molecular weight is 263 g/mol. The topological polar surface area (TPSA) is 37.3 Å². The van der Waals surface area contributed by atoms with E-state index in [1.165, 1.54) is 0 Å². The largest absolute Gasteiger partial charge is 0.354 e. The number of nitrogens with zero attached hydrogens (tertiary/aromatic N) is 2. The maximum Gasteiger partial charge on any atom is 0.224 e. The van der Waals surface area contributed by atoms with Gasteiger partial charge in [-0.05, 0) is 45.4 Å². The number of carbonyl (C=O) groups is 1. The molecule has 0 radical (unpaired) electrons. The first-order valence-electron chi connectivity index (χ1n) is 7.29. The summed E-state index contributed by atoms with van der Waals surface area (Å²) in [6.07, 6.45) is 6.20. The van der Waals surface area contributed by atoms with E-state index in [9.17, 15) is 4.79 Å². The SMILES string of the molecule is CC(C)N1CCCC(C(=O)NCCn2cccc2)C1. The van der Waals surface area contributed by atoms with Crippen LogP contribution in [0.1, 0.15) is 26.7 Å². The summed E-state index contributed by atoms with van der Waals surface area (Å²) in [7, 11) is 0. The highest BCUT2D eigenvalue weighted by atomic mass is 16.1. The number of likely N-dealkylation sites (tertiary alicyclic amines) is 1. The Labute approximate surface area is 115 Å². The number of rotatable bonds is 5. The Bertz CT molecular complexity index is 386. The molecule has 1 unspecified atom stereocenters. The van der Waals surface area contributed by atoms with Crippen LogP contribution in [0.3, 0.4) is 0 Å². The zero-order valence-corrected chi connectivity index (χ0v) is 12.0. The van der Waals surface area contributed by atoms with E-state index in [-0.39, 0.29) is 11.8 Å². The predicted molar refractivity (Wildman–Crippen MR) is 76.9 cm³/mol. The van der Waals surface area contributed by atoms with Gasteiger partial charge in [0.2, 0.25) is 5.91 Å². The third-order valence-corrected chi connectivity index (χ3v) is 3.89. The highest BCUT2D eigenvalue weighted by Gasteiger charge is 2.26. The number of hydrogen-bond acceptors (Lipinski definition) is 2. The molecule has 2 heterocycles. The first kappa shape index (κ1) is 14.1. The van der Waals surface area contributed by atoms with Gasteiger partial charge in [-0.3, -0.25) is 4.79 Å². The molecule has 4 nitrogen and oxygen atoms in total. The van der Waals surface area contributed by atoms with E-state index in [2.05, 4.69) is 28.6 Å². The average Bonchev–Trinajstić information content (AvgIpc) is 2.92. The highest BCUT2D eigenvalue weighted by molar-refractivity contribution is 5.78. The molecule has 0 bridgehead atoms. The number of piperidine rings is 1. The van der Waals surface area contributed by atoms with Crippen molar-refractivity contribution in [1.29, 1.82) is 0 Å². The van der Waals surface area contributed by atoms with E-state index in [1.807, 2.05) is 24.5 Å². The maximum absolute atomic E-state index is 12.1. The number of carbonyl (C=O) groups excluding carboxylic acids is 1. The van der Waals surface area contributed by atoms with Crippen LogP contribution in [0.2, 0.25) is 0 Å². The normalized spacial score (nSPS) is 20.7. The summed E-state index contributed by atoms with van der Waals surface area (Å²) in [6, 6.07) is 4.54. The lowest BCUT2D eigenvalue weighted by Gasteiger charge is -2.34. The lowest BCUT2D eigenvalue weighted by Crippen LogP contribution is -2.45. The van der Waals surface area contributed by atoms with Crippen molar-refractivity contribution < 1.29 is 4.79 Å². The molecule has 1 aliphatic rings. The fraction of sp³-hybridized carbons (Fsp3) is 0.667. The third kappa shape index (κ3) is 4.10. The first-order valence-corrected chi connectivity index (χ1v) is 7.29.